The number of unbranched alkanes of at least 4 members (excludes halogenated alkanes) is 8. The van der Waals surface area contributed by atoms with Crippen molar-refractivity contribution >= 4 is 0 Å². The van der Waals surface area contributed by atoms with Crippen molar-refractivity contribution in [1.82, 2.24) is 0 Å². The topological polar surface area (TPSA) is 40.5 Å². The molecular weight excluding hydrogens is 176 g/mol. The van der Waals surface area contributed by atoms with Crippen LogP contribution in [0.5, 0.6) is 0 Å². The molecule has 0 aromatic rings. The van der Waals surface area contributed by atoms with Crippen LogP contribution in [0.4, 0.5) is 0 Å². The number of hydrogen-bond donors (Lipinski definition) is 2. The first-order chi connectivity index (χ1) is 6.77. The Balaban J connectivity index is 2.85. The summed E-state index contributed by atoms with van der Waals surface area (Å²) in [6.07, 6.45) is 10.9. The van der Waals surface area contributed by atoms with E-state index in [9.17, 15) is 0 Å². The second-order valence-electron chi connectivity index (χ2n) is 4.10. The Bertz CT molecular complexity index is 102. The highest BCUT2D eigenvalue weighted by atomic mass is 16.5. The molecule has 0 aliphatic carbocycles. The van der Waals surface area contributed by atoms with Crippen LogP contribution in [0.25, 0.3) is 0 Å². The molecule has 0 radical (unpaired) electrons. The fraction of sp³-hybridized carbons (Fsp3) is 1.00. The molecule has 2 heteroatoms. The minimum absolute atomic E-state index is 0.538. The maximum Gasteiger partial charge on any atom is 0.151 e. The first-order valence-corrected chi connectivity index (χ1v) is 6.13. The minimum Gasteiger partial charge on any atom is -0.368 e. The molecule has 0 fully saturated rings. The maximum atomic E-state index is 8.61. The summed E-state index contributed by atoms with van der Waals surface area (Å²) < 4.78 is 0. The van der Waals surface area contributed by atoms with E-state index in [2.05, 4.69) is 6.92 Å². The second kappa shape index (κ2) is 11.0. The smallest absolute Gasteiger partial charge is 0.151 e. The van der Waals surface area contributed by atoms with Crippen LogP contribution in [0.15, 0.2) is 0 Å². The monoisotopic (exact) mass is 202 g/mol. The van der Waals surface area contributed by atoms with Crippen LogP contribution in [-0.2, 0) is 0 Å². The summed E-state index contributed by atoms with van der Waals surface area (Å²) in [5, 5.41) is 17.2. The maximum absolute atomic E-state index is 8.61. The van der Waals surface area contributed by atoms with Gasteiger partial charge in [0.05, 0.1) is 0 Å². The third-order valence-electron chi connectivity index (χ3n) is 2.57. The van der Waals surface area contributed by atoms with Crippen LogP contribution < -0.4 is 0 Å². The highest BCUT2D eigenvalue weighted by Gasteiger charge is 1.96. The van der Waals surface area contributed by atoms with E-state index in [0.717, 1.165) is 12.8 Å². The number of rotatable bonds is 10. The molecule has 0 saturated heterocycles. The molecule has 2 nitrogen and oxygen atoms in total. The fourth-order valence-corrected chi connectivity index (χ4v) is 1.64. The molecule has 0 atom stereocenters. The number of hydrogen-bond acceptors (Lipinski definition) is 2. The summed E-state index contributed by atoms with van der Waals surface area (Å²) in [6.45, 7) is 2.24. The molecule has 0 saturated carbocycles. The Morgan fingerprint density at radius 2 is 1.14 bits per heavy atom. The minimum atomic E-state index is -1.10. The zero-order chi connectivity index (χ0) is 10.6. The van der Waals surface area contributed by atoms with Gasteiger partial charge in [0.2, 0.25) is 0 Å². The van der Waals surface area contributed by atoms with Crippen molar-refractivity contribution < 1.29 is 10.2 Å². The van der Waals surface area contributed by atoms with Crippen molar-refractivity contribution in [3.8, 4) is 0 Å². The van der Waals surface area contributed by atoms with Gasteiger partial charge in [0.25, 0.3) is 0 Å². The molecule has 0 heterocycles. The molecule has 0 aromatic heterocycles. The second-order valence-corrected chi connectivity index (χ2v) is 4.10. The molecule has 0 aliphatic heterocycles. The SMILES string of the molecule is CCCCCCCCCCCC(O)O. The van der Waals surface area contributed by atoms with Crippen LogP contribution in [-0.4, -0.2) is 16.5 Å². The van der Waals surface area contributed by atoms with Crippen molar-refractivity contribution in [3.63, 3.8) is 0 Å². The van der Waals surface area contributed by atoms with Gasteiger partial charge in [-0.15, -0.1) is 0 Å². The van der Waals surface area contributed by atoms with Crippen molar-refractivity contribution in [2.24, 2.45) is 0 Å². The zero-order valence-corrected chi connectivity index (χ0v) is 9.54. The van der Waals surface area contributed by atoms with Crippen LogP contribution in [0, 0.1) is 0 Å². The summed E-state index contributed by atoms with van der Waals surface area (Å²) in [5.41, 5.74) is 0. The highest BCUT2D eigenvalue weighted by Crippen LogP contribution is 2.10. The molecule has 0 bridgehead atoms. The van der Waals surface area contributed by atoms with E-state index in [1.54, 1.807) is 0 Å². The predicted molar refractivity (Wildman–Crippen MR) is 60.1 cm³/mol. The summed E-state index contributed by atoms with van der Waals surface area (Å²) in [5.74, 6) is 0. The summed E-state index contributed by atoms with van der Waals surface area (Å²) in [4.78, 5) is 0. The largest absolute Gasteiger partial charge is 0.368 e. The van der Waals surface area contributed by atoms with Gasteiger partial charge in [0.15, 0.2) is 6.29 Å². The summed E-state index contributed by atoms with van der Waals surface area (Å²) in [7, 11) is 0. The van der Waals surface area contributed by atoms with Gasteiger partial charge in [0.1, 0.15) is 0 Å². The number of aliphatic hydroxyl groups excluding tert-OH is 1. The lowest BCUT2D eigenvalue weighted by Crippen LogP contribution is -2.02. The summed E-state index contributed by atoms with van der Waals surface area (Å²) in [6, 6.07) is 0. The lowest BCUT2D eigenvalue weighted by atomic mass is 10.1. The molecule has 14 heavy (non-hydrogen) atoms. The fourth-order valence-electron chi connectivity index (χ4n) is 1.64. The highest BCUT2D eigenvalue weighted by molar-refractivity contribution is 4.47. The van der Waals surface area contributed by atoms with Crippen LogP contribution in [0.2, 0.25) is 0 Å². The van der Waals surface area contributed by atoms with E-state index >= 15 is 0 Å². The Hall–Kier alpha value is -0.0800. The molecule has 0 rings (SSSR count). The quantitative estimate of drug-likeness (QED) is 0.422. The Morgan fingerprint density at radius 1 is 0.714 bits per heavy atom. The Kier molecular flexibility index (Phi) is 10.9. The van der Waals surface area contributed by atoms with Crippen molar-refractivity contribution in [1.29, 1.82) is 0 Å². The standard InChI is InChI=1S/C12H26O2/c1-2-3-4-5-6-7-8-9-10-11-12(13)14/h12-14H,2-11H2,1H3. The van der Waals surface area contributed by atoms with Crippen LogP contribution >= 0.6 is 0 Å². The van der Waals surface area contributed by atoms with E-state index in [4.69, 9.17) is 10.2 Å². The normalized spacial score (nSPS) is 11.1. The Labute approximate surface area is 88.3 Å². The van der Waals surface area contributed by atoms with E-state index in [1.165, 1.54) is 44.9 Å². The van der Waals surface area contributed by atoms with Gasteiger partial charge in [-0.1, -0.05) is 58.3 Å². The van der Waals surface area contributed by atoms with Crippen LogP contribution in [0.3, 0.4) is 0 Å². The van der Waals surface area contributed by atoms with Crippen LogP contribution in [0.1, 0.15) is 71.1 Å². The summed E-state index contributed by atoms with van der Waals surface area (Å²) >= 11 is 0. The van der Waals surface area contributed by atoms with E-state index < -0.39 is 6.29 Å². The lowest BCUT2D eigenvalue weighted by Gasteiger charge is -2.03. The first kappa shape index (κ1) is 13.9. The molecule has 0 spiro atoms. The van der Waals surface area contributed by atoms with Crippen molar-refractivity contribution in [2.75, 3.05) is 0 Å². The zero-order valence-electron chi connectivity index (χ0n) is 9.54. The number of aliphatic hydroxyl groups is 2. The van der Waals surface area contributed by atoms with E-state index in [0.29, 0.717) is 6.42 Å². The van der Waals surface area contributed by atoms with E-state index in [-0.39, 0.29) is 0 Å². The van der Waals surface area contributed by atoms with Gasteiger partial charge >= 0.3 is 0 Å². The average molecular weight is 202 g/mol. The van der Waals surface area contributed by atoms with Crippen molar-refractivity contribution in [2.45, 2.75) is 77.4 Å². The van der Waals surface area contributed by atoms with Gasteiger partial charge in [-0.25, -0.2) is 0 Å². The molecule has 0 aliphatic rings. The van der Waals surface area contributed by atoms with Gasteiger partial charge in [-0.3, -0.25) is 0 Å². The molecule has 86 valence electrons. The molecular formula is C12H26O2. The van der Waals surface area contributed by atoms with E-state index in [1.807, 2.05) is 0 Å². The lowest BCUT2D eigenvalue weighted by molar-refractivity contribution is -0.0466. The van der Waals surface area contributed by atoms with Gasteiger partial charge in [0, 0.05) is 0 Å². The van der Waals surface area contributed by atoms with Crippen molar-refractivity contribution in [3.05, 3.63) is 0 Å². The Morgan fingerprint density at radius 3 is 1.57 bits per heavy atom. The third-order valence-corrected chi connectivity index (χ3v) is 2.57. The van der Waals surface area contributed by atoms with Gasteiger partial charge < -0.3 is 10.2 Å². The first-order valence-electron chi connectivity index (χ1n) is 6.13. The molecule has 0 aromatic carbocycles. The average Bonchev–Trinajstić information content (AvgIpc) is 2.15. The van der Waals surface area contributed by atoms with Gasteiger partial charge in [-0.2, -0.15) is 0 Å². The predicted octanol–water partition coefficient (Wildman–Crippen LogP) is 3.22. The third kappa shape index (κ3) is 11.9. The van der Waals surface area contributed by atoms with Gasteiger partial charge in [-0.05, 0) is 12.8 Å². The molecule has 0 amide bonds. The molecule has 2 N–H and O–H groups in total. The molecule has 0 unspecified atom stereocenters.